The Labute approximate surface area is 79.8 Å². The largest absolute Gasteiger partial charge is 1.00 e. The van der Waals surface area contributed by atoms with E-state index in [4.69, 9.17) is 5.41 Å². The minimum absolute atomic E-state index is 0. The second-order valence-electron chi connectivity index (χ2n) is 1.10. The Bertz CT molecular complexity index is 131. The van der Waals surface area contributed by atoms with E-state index in [0.717, 1.165) is 12.0 Å². The third kappa shape index (κ3) is 7.82. The summed E-state index contributed by atoms with van der Waals surface area (Å²) in [6, 6.07) is -0.837. The number of amidine groups is 1. The van der Waals surface area contributed by atoms with Gasteiger partial charge in [0.1, 0.15) is 0 Å². The zero-order valence-electron chi connectivity index (χ0n) is 5.26. The number of carbonyl (C=O) groups excluding carboxylic acids is 1. The number of hydrogen-bond donors (Lipinski definition) is 3. The van der Waals surface area contributed by atoms with Crippen molar-refractivity contribution in [1.82, 2.24) is 5.32 Å². The normalized spacial score (nSPS) is 7.30. The molecule has 0 aromatic carbocycles. The Morgan fingerprint density at radius 2 is 2.30 bits per heavy atom. The Balaban J connectivity index is 0. The zero-order chi connectivity index (χ0) is 7.28. The van der Waals surface area contributed by atoms with E-state index in [1.807, 2.05) is 5.32 Å². The zero-order valence-corrected chi connectivity index (χ0v) is 8.23. The summed E-state index contributed by atoms with van der Waals surface area (Å²) in [5.74, 6) is 0. The minimum Gasteiger partial charge on any atom is -1.00 e. The number of nitrogens with two attached hydrogens (primary N) is 2. The molecule has 0 aliphatic rings. The van der Waals surface area contributed by atoms with Gasteiger partial charge in [0.05, 0.1) is 12.0 Å². The molecule has 0 spiro atoms. The van der Waals surface area contributed by atoms with Gasteiger partial charge in [-0.1, -0.05) is 0 Å². The smallest absolute Gasteiger partial charge is 0.461 e. The molecule has 10 heavy (non-hydrogen) atoms. The van der Waals surface area contributed by atoms with Crippen molar-refractivity contribution in [2.45, 2.75) is 0 Å². The average Bonchev–Trinajstić information content (AvgIpc) is 1.63. The predicted molar refractivity (Wildman–Crippen MR) is 34.3 cm³/mol. The van der Waals surface area contributed by atoms with E-state index in [1.165, 1.54) is 0 Å². The highest BCUT2D eigenvalue weighted by molar-refractivity contribution is 7.94. The number of urea groups is 1. The van der Waals surface area contributed by atoms with Crippen LogP contribution >= 0.6 is 12.0 Å². The van der Waals surface area contributed by atoms with Crippen LogP contribution in [0.2, 0.25) is 0 Å². The van der Waals surface area contributed by atoms with Gasteiger partial charge in [0, 0.05) is 6.26 Å². The van der Waals surface area contributed by atoms with E-state index in [-0.39, 0.29) is 30.0 Å². The lowest BCUT2D eigenvalue weighted by atomic mass is 11.0. The lowest BCUT2D eigenvalue weighted by molar-refractivity contribution is -0.134. The Morgan fingerprint density at radius 1 is 1.80 bits per heavy atom. The minimum atomic E-state index is -0.735. The van der Waals surface area contributed by atoms with Crippen LogP contribution in [0.15, 0.2) is 0 Å². The lowest BCUT2D eigenvalue weighted by Gasteiger charge is -1.92. The highest BCUT2D eigenvalue weighted by Gasteiger charge is 2.06. The number of halogens is 1. The first-order valence-electron chi connectivity index (χ1n) is 2.06. The molecule has 7 heteroatoms. The summed E-state index contributed by atoms with van der Waals surface area (Å²) in [6.07, 6.45) is 1.66. The van der Waals surface area contributed by atoms with E-state index in [0.29, 0.717) is 0 Å². The standard InChI is InChI=1S/C3H7N3O2S.HI/c1-9-8-3(5)6-2(4)7;/h1H3,(H4,4,5,6,7);1H. The molecule has 0 bridgehead atoms. The van der Waals surface area contributed by atoms with Crippen LogP contribution in [0.3, 0.4) is 0 Å². The maximum absolute atomic E-state index is 10.0. The summed E-state index contributed by atoms with van der Waals surface area (Å²) in [5, 5.41) is 7.08. The first kappa shape index (κ1) is 12.5. The number of nitrogens with one attached hydrogen (secondary N) is 1. The molecular formula is C3H8IN3O2S. The molecule has 0 atom stereocenters. The van der Waals surface area contributed by atoms with Crippen LogP contribution in [-0.2, 0) is 4.18 Å². The summed E-state index contributed by atoms with van der Waals surface area (Å²) in [5.41, 5.74) is 4.68. The Hall–Kier alpha value is -0.180. The van der Waals surface area contributed by atoms with E-state index >= 15 is 0 Å². The highest BCUT2D eigenvalue weighted by atomic mass is 127. The molecule has 0 aliphatic heterocycles. The average molecular weight is 277 g/mol. The molecule has 0 radical (unpaired) electrons. The van der Waals surface area contributed by atoms with Gasteiger partial charge in [-0.3, -0.25) is 5.41 Å². The van der Waals surface area contributed by atoms with Crippen LogP contribution in [0.1, 0.15) is 0 Å². The monoisotopic (exact) mass is 277 g/mol. The van der Waals surface area contributed by atoms with Gasteiger partial charge in [-0.25, -0.2) is 4.79 Å². The number of hydrogen-bond acceptors (Lipinski definition) is 3. The Kier molecular flexibility index (Phi) is 8.66. The topological polar surface area (TPSA) is 89.9 Å². The highest BCUT2D eigenvalue weighted by Crippen LogP contribution is 1.90. The molecule has 0 unspecified atom stereocenters. The van der Waals surface area contributed by atoms with Crippen molar-refractivity contribution < 1.29 is 38.4 Å². The van der Waals surface area contributed by atoms with Gasteiger partial charge < -0.3 is 33.9 Å². The van der Waals surface area contributed by atoms with E-state index in [2.05, 4.69) is 9.92 Å². The predicted octanol–water partition coefficient (Wildman–Crippen LogP) is -4.93. The second-order valence-corrected chi connectivity index (χ2v) is 1.60. The van der Waals surface area contributed by atoms with Crippen LogP contribution in [-0.4, -0.2) is 18.3 Å². The third-order valence-electron chi connectivity index (χ3n) is 0.420. The quantitative estimate of drug-likeness (QED) is 0.194. The number of primary amides is 1. The molecule has 0 saturated heterocycles. The van der Waals surface area contributed by atoms with Crippen LogP contribution < -0.4 is 40.4 Å². The SMILES string of the molecule is CSOC(=[NH2+])NC(N)=O.[I-]. The maximum atomic E-state index is 10.0. The van der Waals surface area contributed by atoms with Crippen LogP contribution in [0.5, 0.6) is 0 Å². The van der Waals surface area contributed by atoms with E-state index in [1.54, 1.807) is 6.26 Å². The summed E-state index contributed by atoms with van der Waals surface area (Å²) in [4.78, 5) is 10.0. The fourth-order valence-electron chi connectivity index (χ4n) is 0.232. The van der Waals surface area contributed by atoms with Crippen molar-refractivity contribution in [3.8, 4) is 0 Å². The molecule has 0 aromatic heterocycles. The van der Waals surface area contributed by atoms with Crippen molar-refractivity contribution in [2.75, 3.05) is 6.26 Å². The molecule has 0 aliphatic carbocycles. The summed E-state index contributed by atoms with van der Waals surface area (Å²) in [7, 11) is 0. The molecule has 0 heterocycles. The number of carbonyl (C=O) groups is 1. The van der Waals surface area contributed by atoms with Gasteiger partial charge >= 0.3 is 12.1 Å². The second kappa shape index (κ2) is 6.93. The number of rotatable bonds is 1. The molecule has 2 amide bonds. The molecule has 0 rings (SSSR count). The molecule has 0 aromatic rings. The van der Waals surface area contributed by atoms with Gasteiger partial charge in [0.15, 0.2) is 0 Å². The van der Waals surface area contributed by atoms with Crippen LogP contribution in [0, 0.1) is 0 Å². The van der Waals surface area contributed by atoms with Gasteiger partial charge in [-0.05, 0) is 0 Å². The summed E-state index contributed by atoms with van der Waals surface area (Å²) < 4.78 is 4.55. The van der Waals surface area contributed by atoms with Crippen molar-refractivity contribution in [1.29, 1.82) is 0 Å². The van der Waals surface area contributed by atoms with E-state index < -0.39 is 6.03 Å². The molecule has 0 saturated carbocycles. The van der Waals surface area contributed by atoms with Crippen molar-refractivity contribution in [3.05, 3.63) is 0 Å². The van der Waals surface area contributed by atoms with Gasteiger partial charge in [-0.2, -0.15) is 5.32 Å². The first-order chi connectivity index (χ1) is 4.16. The van der Waals surface area contributed by atoms with Crippen molar-refractivity contribution >= 4 is 24.1 Å². The molecular weight excluding hydrogens is 269 g/mol. The van der Waals surface area contributed by atoms with Crippen molar-refractivity contribution in [2.24, 2.45) is 5.73 Å². The molecule has 5 nitrogen and oxygen atoms in total. The molecule has 60 valence electrons. The van der Waals surface area contributed by atoms with Gasteiger partial charge in [-0.15, -0.1) is 0 Å². The summed E-state index contributed by atoms with van der Waals surface area (Å²) >= 11 is 1.02. The van der Waals surface area contributed by atoms with Crippen LogP contribution in [0.25, 0.3) is 0 Å². The van der Waals surface area contributed by atoms with Gasteiger partial charge in [0.25, 0.3) is 0 Å². The fourth-order valence-corrected chi connectivity index (χ4v) is 0.453. The third-order valence-corrected chi connectivity index (χ3v) is 0.766. The lowest BCUT2D eigenvalue weighted by Crippen LogP contribution is -3.00. The number of amides is 2. The molecule has 5 N–H and O–H groups in total. The first-order valence-corrected chi connectivity index (χ1v) is 3.21. The fraction of sp³-hybridized carbons (Fsp3) is 0.333. The molecule has 0 fully saturated rings. The maximum Gasteiger partial charge on any atom is 0.461 e. The van der Waals surface area contributed by atoms with E-state index in [9.17, 15) is 4.79 Å². The van der Waals surface area contributed by atoms with Crippen LogP contribution in [0.4, 0.5) is 4.79 Å². The Morgan fingerprint density at radius 3 is 2.60 bits per heavy atom. The summed E-state index contributed by atoms with van der Waals surface area (Å²) in [6.45, 7) is 0. The van der Waals surface area contributed by atoms with Crippen molar-refractivity contribution in [3.63, 3.8) is 0 Å². The van der Waals surface area contributed by atoms with Gasteiger partial charge in [0.2, 0.25) is 0 Å².